The Bertz CT molecular complexity index is 1190. The number of benzene rings is 1. The van der Waals surface area contributed by atoms with E-state index in [1.807, 2.05) is 36.4 Å². The molecule has 8 nitrogen and oxygen atoms in total. The summed E-state index contributed by atoms with van der Waals surface area (Å²) in [5, 5.41) is 6.89. The largest absolute Gasteiger partial charge is 0.479 e. The minimum Gasteiger partial charge on any atom is -0.479 e. The van der Waals surface area contributed by atoms with E-state index in [1.165, 1.54) is 7.11 Å². The first-order chi connectivity index (χ1) is 14.6. The molecule has 0 bridgehead atoms. The number of hydrogen-bond acceptors (Lipinski definition) is 7. The number of rotatable bonds is 5. The standard InChI is InChI=1S/C22H19N5O3/c1-13-19(20(27-30-13)14-6-4-3-5-7-14)21(28)25-17-10-9-16(26-22(17)29-2)15-8-11-18(23)24-12-15/h3-12H,1-2H3,(H2,23,24)(H,25,28). The predicted octanol–water partition coefficient (Wildman–Crippen LogP) is 3.95. The van der Waals surface area contributed by atoms with Gasteiger partial charge >= 0.3 is 0 Å². The van der Waals surface area contributed by atoms with Gasteiger partial charge in [0.25, 0.3) is 5.91 Å². The number of amides is 1. The lowest BCUT2D eigenvalue weighted by Crippen LogP contribution is -2.14. The molecule has 30 heavy (non-hydrogen) atoms. The lowest BCUT2D eigenvalue weighted by atomic mass is 10.1. The highest BCUT2D eigenvalue weighted by molar-refractivity contribution is 6.09. The van der Waals surface area contributed by atoms with E-state index < -0.39 is 0 Å². The summed E-state index contributed by atoms with van der Waals surface area (Å²) in [6, 6.07) is 16.4. The summed E-state index contributed by atoms with van der Waals surface area (Å²) in [4.78, 5) is 21.6. The minimum absolute atomic E-state index is 0.271. The zero-order valence-electron chi connectivity index (χ0n) is 16.4. The average molecular weight is 401 g/mol. The molecule has 1 amide bonds. The molecule has 0 radical (unpaired) electrons. The summed E-state index contributed by atoms with van der Waals surface area (Å²) in [7, 11) is 1.49. The summed E-state index contributed by atoms with van der Waals surface area (Å²) < 4.78 is 10.7. The third kappa shape index (κ3) is 3.70. The Morgan fingerprint density at radius 3 is 2.57 bits per heavy atom. The number of pyridine rings is 2. The van der Waals surface area contributed by atoms with Crippen LogP contribution in [0.4, 0.5) is 11.5 Å². The Hall–Kier alpha value is -4.20. The lowest BCUT2D eigenvalue weighted by Gasteiger charge is -2.11. The van der Waals surface area contributed by atoms with Crippen molar-refractivity contribution in [2.75, 3.05) is 18.2 Å². The molecule has 0 saturated heterocycles. The van der Waals surface area contributed by atoms with Crippen LogP contribution in [0.1, 0.15) is 16.1 Å². The van der Waals surface area contributed by atoms with Gasteiger partial charge in [0.05, 0.1) is 12.8 Å². The zero-order valence-corrected chi connectivity index (χ0v) is 16.4. The number of ether oxygens (including phenoxy) is 1. The molecule has 0 fully saturated rings. The maximum Gasteiger partial charge on any atom is 0.261 e. The molecule has 0 atom stereocenters. The molecule has 0 aliphatic rings. The molecule has 3 heterocycles. The molecule has 0 spiro atoms. The van der Waals surface area contributed by atoms with Crippen LogP contribution in [0.2, 0.25) is 0 Å². The second-order valence-corrected chi connectivity index (χ2v) is 6.51. The fourth-order valence-electron chi connectivity index (χ4n) is 3.03. The van der Waals surface area contributed by atoms with Gasteiger partial charge in [-0.1, -0.05) is 35.5 Å². The number of nitrogen functional groups attached to an aromatic ring is 1. The number of carbonyl (C=O) groups excluding carboxylic acids is 1. The average Bonchev–Trinajstić information content (AvgIpc) is 3.16. The van der Waals surface area contributed by atoms with Crippen LogP contribution in [-0.4, -0.2) is 28.1 Å². The minimum atomic E-state index is -0.366. The van der Waals surface area contributed by atoms with Crippen molar-refractivity contribution in [2.24, 2.45) is 0 Å². The number of carbonyl (C=O) groups is 1. The highest BCUT2D eigenvalue weighted by atomic mass is 16.5. The van der Waals surface area contributed by atoms with E-state index in [2.05, 4.69) is 20.4 Å². The number of nitrogens with two attached hydrogens (primary N) is 1. The van der Waals surface area contributed by atoms with Gasteiger partial charge in [-0.15, -0.1) is 0 Å². The maximum atomic E-state index is 13.0. The highest BCUT2D eigenvalue weighted by Gasteiger charge is 2.23. The molecule has 3 aromatic heterocycles. The fraction of sp³-hybridized carbons (Fsp3) is 0.0909. The van der Waals surface area contributed by atoms with Gasteiger partial charge in [-0.05, 0) is 31.2 Å². The molecule has 0 saturated carbocycles. The maximum absolute atomic E-state index is 13.0. The van der Waals surface area contributed by atoms with Crippen molar-refractivity contribution < 1.29 is 14.1 Å². The molecule has 0 unspecified atom stereocenters. The van der Waals surface area contributed by atoms with Gasteiger partial charge in [0.2, 0.25) is 5.88 Å². The number of aromatic nitrogens is 3. The van der Waals surface area contributed by atoms with Crippen LogP contribution in [-0.2, 0) is 0 Å². The Kier molecular flexibility index (Phi) is 5.13. The molecule has 4 aromatic rings. The quantitative estimate of drug-likeness (QED) is 0.520. The summed E-state index contributed by atoms with van der Waals surface area (Å²) in [5.74, 6) is 0.749. The molecular formula is C22H19N5O3. The second-order valence-electron chi connectivity index (χ2n) is 6.51. The van der Waals surface area contributed by atoms with Crippen molar-refractivity contribution in [3.8, 4) is 28.4 Å². The van der Waals surface area contributed by atoms with Gasteiger partial charge < -0.3 is 20.3 Å². The number of nitrogens with zero attached hydrogens (tertiary/aromatic N) is 3. The van der Waals surface area contributed by atoms with Gasteiger partial charge in [0.1, 0.15) is 28.5 Å². The van der Waals surface area contributed by atoms with E-state index in [1.54, 1.807) is 31.3 Å². The lowest BCUT2D eigenvalue weighted by molar-refractivity contribution is 0.102. The van der Waals surface area contributed by atoms with E-state index >= 15 is 0 Å². The van der Waals surface area contributed by atoms with Crippen LogP contribution in [0.5, 0.6) is 5.88 Å². The molecule has 0 aliphatic heterocycles. The van der Waals surface area contributed by atoms with Gasteiger partial charge in [0, 0.05) is 17.3 Å². The van der Waals surface area contributed by atoms with Crippen LogP contribution in [0.15, 0.2) is 65.3 Å². The monoisotopic (exact) mass is 401 g/mol. The Labute approximate surface area is 172 Å². The predicted molar refractivity (Wildman–Crippen MR) is 113 cm³/mol. The Balaban J connectivity index is 1.64. The molecule has 4 rings (SSSR count). The second kappa shape index (κ2) is 8.04. The van der Waals surface area contributed by atoms with Crippen molar-refractivity contribution >= 4 is 17.4 Å². The van der Waals surface area contributed by atoms with E-state index in [0.717, 1.165) is 11.1 Å². The van der Waals surface area contributed by atoms with Gasteiger partial charge in [-0.3, -0.25) is 4.79 Å². The third-order valence-electron chi connectivity index (χ3n) is 4.52. The first-order valence-corrected chi connectivity index (χ1v) is 9.17. The van der Waals surface area contributed by atoms with Crippen molar-refractivity contribution in [2.45, 2.75) is 6.92 Å². The van der Waals surface area contributed by atoms with Crippen LogP contribution in [0.3, 0.4) is 0 Å². The van der Waals surface area contributed by atoms with Crippen molar-refractivity contribution in [1.29, 1.82) is 0 Å². The van der Waals surface area contributed by atoms with Crippen LogP contribution >= 0.6 is 0 Å². The van der Waals surface area contributed by atoms with E-state index in [0.29, 0.717) is 34.2 Å². The summed E-state index contributed by atoms with van der Waals surface area (Å²) in [6.07, 6.45) is 1.63. The van der Waals surface area contributed by atoms with Crippen molar-refractivity contribution in [3.05, 3.63) is 72.1 Å². The van der Waals surface area contributed by atoms with E-state index in [-0.39, 0.29) is 11.8 Å². The molecule has 0 aliphatic carbocycles. The first kappa shape index (κ1) is 19.1. The SMILES string of the molecule is COc1nc(-c2ccc(N)nc2)ccc1NC(=O)c1c(-c2ccccc2)noc1C. The number of nitrogens with one attached hydrogen (secondary N) is 1. The smallest absolute Gasteiger partial charge is 0.261 e. The first-order valence-electron chi connectivity index (χ1n) is 9.17. The molecule has 1 aromatic carbocycles. The normalized spacial score (nSPS) is 10.6. The zero-order chi connectivity index (χ0) is 21.1. The topological polar surface area (TPSA) is 116 Å². The van der Waals surface area contributed by atoms with Crippen molar-refractivity contribution in [3.63, 3.8) is 0 Å². The molecule has 150 valence electrons. The van der Waals surface area contributed by atoms with Gasteiger partial charge in [0.15, 0.2) is 0 Å². The fourth-order valence-corrected chi connectivity index (χ4v) is 3.03. The summed E-state index contributed by atoms with van der Waals surface area (Å²) in [6.45, 7) is 1.70. The van der Waals surface area contributed by atoms with Crippen LogP contribution in [0, 0.1) is 6.92 Å². The van der Waals surface area contributed by atoms with Crippen molar-refractivity contribution in [1.82, 2.24) is 15.1 Å². The number of aryl methyl sites for hydroxylation is 1. The van der Waals surface area contributed by atoms with E-state index in [4.69, 9.17) is 15.0 Å². The highest BCUT2D eigenvalue weighted by Crippen LogP contribution is 2.30. The van der Waals surface area contributed by atoms with Crippen LogP contribution < -0.4 is 15.8 Å². The summed E-state index contributed by atoms with van der Waals surface area (Å²) >= 11 is 0. The van der Waals surface area contributed by atoms with Gasteiger partial charge in [-0.2, -0.15) is 0 Å². The van der Waals surface area contributed by atoms with E-state index in [9.17, 15) is 4.79 Å². The van der Waals surface area contributed by atoms with Gasteiger partial charge in [-0.25, -0.2) is 9.97 Å². The molecular weight excluding hydrogens is 382 g/mol. The Morgan fingerprint density at radius 1 is 1.07 bits per heavy atom. The number of methoxy groups -OCH3 is 1. The summed E-state index contributed by atoms with van der Waals surface area (Å²) in [5.41, 5.74) is 9.10. The molecule has 3 N–H and O–H groups in total. The Morgan fingerprint density at radius 2 is 1.87 bits per heavy atom. The number of anilines is 2. The van der Waals surface area contributed by atoms with Crippen LogP contribution in [0.25, 0.3) is 22.5 Å². The third-order valence-corrected chi connectivity index (χ3v) is 4.52. The molecule has 8 heteroatoms. The number of hydrogen-bond donors (Lipinski definition) is 2.